The summed E-state index contributed by atoms with van der Waals surface area (Å²) < 4.78 is 5.16. The van der Waals surface area contributed by atoms with Gasteiger partial charge >= 0.3 is 0 Å². The van der Waals surface area contributed by atoms with E-state index >= 15 is 0 Å². The SMILES string of the molecule is CC(CN)C(=O)NCCC(=O)N1CCOCC1.Cl. The highest BCUT2D eigenvalue weighted by Gasteiger charge is 2.17. The van der Waals surface area contributed by atoms with Crippen LogP contribution in [0.3, 0.4) is 0 Å². The highest BCUT2D eigenvalue weighted by Crippen LogP contribution is 1.99. The minimum atomic E-state index is -0.200. The number of morpholine rings is 1. The minimum absolute atomic E-state index is 0. The van der Waals surface area contributed by atoms with Crippen LogP contribution in [0.5, 0.6) is 0 Å². The molecule has 1 atom stereocenters. The van der Waals surface area contributed by atoms with Crippen molar-refractivity contribution in [3.8, 4) is 0 Å². The van der Waals surface area contributed by atoms with Gasteiger partial charge in [0.2, 0.25) is 11.8 Å². The number of carbonyl (C=O) groups excluding carboxylic acids is 2. The van der Waals surface area contributed by atoms with E-state index < -0.39 is 0 Å². The third-order valence-electron chi connectivity index (χ3n) is 2.80. The highest BCUT2D eigenvalue weighted by molar-refractivity contribution is 5.85. The predicted molar refractivity (Wildman–Crippen MR) is 70.5 cm³/mol. The van der Waals surface area contributed by atoms with E-state index in [0.29, 0.717) is 45.8 Å². The van der Waals surface area contributed by atoms with Gasteiger partial charge in [0, 0.05) is 38.5 Å². The maximum absolute atomic E-state index is 11.7. The lowest BCUT2D eigenvalue weighted by molar-refractivity contribution is -0.135. The van der Waals surface area contributed by atoms with Gasteiger partial charge in [-0.05, 0) is 0 Å². The molecule has 6 nitrogen and oxygen atoms in total. The first-order chi connectivity index (χ1) is 8.15. The molecule has 0 bridgehead atoms. The number of hydrogen-bond acceptors (Lipinski definition) is 4. The molecular weight excluding hydrogens is 258 g/mol. The first kappa shape index (κ1) is 17.2. The summed E-state index contributed by atoms with van der Waals surface area (Å²) in [5.74, 6) is -0.232. The van der Waals surface area contributed by atoms with Gasteiger partial charge in [-0.2, -0.15) is 0 Å². The Balaban J connectivity index is 0.00000289. The predicted octanol–water partition coefficient (Wildman–Crippen LogP) is -0.632. The number of hydrogen-bond donors (Lipinski definition) is 2. The molecule has 3 N–H and O–H groups in total. The quantitative estimate of drug-likeness (QED) is 0.702. The van der Waals surface area contributed by atoms with Crippen molar-refractivity contribution < 1.29 is 14.3 Å². The van der Waals surface area contributed by atoms with Crippen molar-refractivity contribution in [2.24, 2.45) is 11.7 Å². The molecule has 0 saturated carbocycles. The summed E-state index contributed by atoms with van der Waals surface area (Å²) in [6, 6.07) is 0. The van der Waals surface area contributed by atoms with E-state index in [2.05, 4.69) is 5.32 Å². The zero-order valence-electron chi connectivity index (χ0n) is 10.7. The van der Waals surface area contributed by atoms with E-state index in [4.69, 9.17) is 10.5 Å². The van der Waals surface area contributed by atoms with Crippen LogP contribution in [0.1, 0.15) is 13.3 Å². The van der Waals surface area contributed by atoms with Crippen LogP contribution < -0.4 is 11.1 Å². The fraction of sp³-hybridized carbons (Fsp3) is 0.818. The average Bonchev–Trinajstić information content (AvgIpc) is 2.38. The Labute approximate surface area is 114 Å². The van der Waals surface area contributed by atoms with Crippen LogP contribution in [-0.2, 0) is 14.3 Å². The van der Waals surface area contributed by atoms with Gasteiger partial charge in [-0.15, -0.1) is 12.4 Å². The molecule has 1 rings (SSSR count). The Morgan fingerprint density at radius 3 is 2.56 bits per heavy atom. The molecule has 0 aromatic heterocycles. The standard InChI is InChI=1S/C11H21N3O3.ClH/c1-9(8-12)11(16)13-3-2-10(15)14-4-6-17-7-5-14;/h9H,2-8,12H2,1H3,(H,13,16);1H. The van der Waals surface area contributed by atoms with Crippen molar-refractivity contribution in [3.05, 3.63) is 0 Å². The number of carbonyl (C=O) groups is 2. The minimum Gasteiger partial charge on any atom is -0.378 e. The second-order valence-electron chi connectivity index (χ2n) is 4.17. The Morgan fingerprint density at radius 2 is 2.00 bits per heavy atom. The van der Waals surface area contributed by atoms with Gasteiger partial charge < -0.3 is 20.7 Å². The highest BCUT2D eigenvalue weighted by atomic mass is 35.5. The van der Waals surface area contributed by atoms with Crippen LogP contribution in [0.25, 0.3) is 0 Å². The summed E-state index contributed by atoms with van der Waals surface area (Å²) in [7, 11) is 0. The molecule has 1 unspecified atom stereocenters. The van der Waals surface area contributed by atoms with Gasteiger partial charge in [0.1, 0.15) is 0 Å². The summed E-state index contributed by atoms with van der Waals surface area (Å²) in [4.78, 5) is 24.9. The number of nitrogens with two attached hydrogens (primary N) is 1. The molecular formula is C11H22ClN3O3. The molecule has 0 aromatic rings. The Bertz CT molecular complexity index is 270. The van der Waals surface area contributed by atoms with Crippen LogP contribution in [0, 0.1) is 5.92 Å². The molecule has 18 heavy (non-hydrogen) atoms. The van der Waals surface area contributed by atoms with Gasteiger partial charge in [0.15, 0.2) is 0 Å². The van der Waals surface area contributed by atoms with Crippen molar-refractivity contribution in [1.29, 1.82) is 0 Å². The second kappa shape index (κ2) is 9.13. The van der Waals surface area contributed by atoms with Crippen molar-refractivity contribution in [1.82, 2.24) is 10.2 Å². The molecule has 0 aromatic carbocycles. The van der Waals surface area contributed by atoms with Crippen molar-refractivity contribution in [2.45, 2.75) is 13.3 Å². The zero-order chi connectivity index (χ0) is 12.7. The maximum atomic E-state index is 11.7. The van der Waals surface area contributed by atoms with E-state index in [1.807, 2.05) is 0 Å². The lowest BCUT2D eigenvalue weighted by Gasteiger charge is -2.26. The Hall–Kier alpha value is -0.850. The fourth-order valence-electron chi connectivity index (χ4n) is 1.54. The topological polar surface area (TPSA) is 84.7 Å². The number of rotatable bonds is 5. The van der Waals surface area contributed by atoms with E-state index in [9.17, 15) is 9.59 Å². The number of amides is 2. The average molecular weight is 280 g/mol. The zero-order valence-corrected chi connectivity index (χ0v) is 11.5. The van der Waals surface area contributed by atoms with Crippen molar-refractivity contribution >= 4 is 24.2 Å². The third-order valence-corrected chi connectivity index (χ3v) is 2.80. The van der Waals surface area contributed by atoms with Crippen LogP contribution in [0.4, 0.5) is 0 Å². The molecule has 1 saturated heterocycles. The smallest absolute Gasteiger partial charge is 0.224 e. The molecule has 1 heterocycles. The monoisotopic (exact) mass is 279 g/mol. The second-order valence-corrected chi connectivity index (χ2v) is 4.17. The summed E-state index contributed by atoms with van der Waals surface area (Å²) in [5.41, 5.74) is 5.37. The molecule has 1 aliphatic rings. The van der Waals surface area contributed by atoms with Crippen molar-refractivity contribution in [3.63, 3.8) is 0 Å². The normalized spacial score (nSPS) is 16.7. The summed E-state index contributed by atoms with van der Waals surface area (Å²) in [6.45, 7) is 4.95. The molecule has 0 spiro atoms. The molecule has 106 valence electrons. The number of ether oxygens (including phenoxy) is 1. The molecule has 1 aliphatic heterocycles. The van der Waals surface area contributed by atoms with Crippen LogP contribution in [-0.4, -0.2) is 56.1 Å². The lowest BCUT2D eigenvalue weighted by Crippen LogP contribution is -2.42. The van der Waals surface area contributed by atoms with Gasteiger partial charge in [0.25, 0.3) is 0 Å². The molecule has 1 fully saturated rings. The van der Waals surface area contributed by atoms with Crippen LogP contribution in [0.2, 0.25) is 0 Å². The summed E-state index contributed by atoms with van der Waals surface area (Å²) in [5, 5.41) is 2.71. The lowest BCUT2D eigenvalue weighted by atomic mass is 10.1. The largest absolute Gasteiger partial charge is 0.378 e. The number of nitrogens with one attached hydrogen (secondary N) is 1. The van der Waals surface area contributed by atoms with Crippen molar-refractivity contribution in [2.75, 3.05) is 39.4 Å². The van der Waals surface area contributed by atoms with E-state index in [1.165, 1.54) is 0 Å². The third kappa shape index (κ3) is 5.66. The summed E-state index contributed by atoms with van der Waals surface area (Å²) in [6.07, 6.45) is 0.336. The van der Waals surface area contributed by atoms with E-state index in [-0.39, 0.29) is 30.1 Å². The van der Waals surface area contributed by atoms with Gasteiger partial charge in [-0.3, -0.25) is 9.59 Å². The van der Waals surface area contributed by atoms with Crippen LogP contribution >= 0.6 is 12.4 Å². The molecule has 0 aliphatic carbocycles. The summed E-state index contributed by atoms with van der Waals surface area (Å²) >= 11 is 0. The van der Waals surface area contributed by atoms with Gasteiger partial charge in [-0.25, -0.2) is 0 Å². The number of halogens is 1. The Morgan fingerprint density at radius 1 is 1.39 bits per heavy atom. The van der Waals surface area contributed by atoms with Gasteiger partial charge in [-0.1, -0.05) is 6.92 Å². The van der Waals surface area contributed by atoms with Gasteiger partial charge in [0.05, 0.1) is 13.2 Å². The van der Waals surface area contributed by atoms with E-state index in [1.54, 1.807) is 11.8 Å². The maximum Gasteiger partial charge on any atom is 0.224 e. The number of nitrogens with zero attached hydrogens (tertiary/aromatic N) is 1. The Kier molecular flexibility index (Phi) is 8.70. The van der Waals surface area contributed by atoms with E-state index in [0.717, 1.165) is 0 Å². The molecule has 7 heteroatoms. The molecule has 0 radical (unpaired) electrons. The first-order valence-electron chi connectivity index (χ1n) is 5.98. The van der Waals surface area contributed by atoms with Crippen LogP contribution in [0.15, 0.2) is 0 Å². The first-order valence-corrected chi connectivity index (χ1v) is 5.98. The fourth-order valence-corrected chi connectivity index (χ4v) is 1.54. The molecule has 2 amide bonds.